The van der Waals surface area contributed by atoms with E-state index in [1.807, 2.05) is 18.2 Å². The van der Waals surface area contributed by atoms with Crippen molar-refractivity contribution < 1.29 is 34.0 Å². The van der Waals surface area contributed by atoms with E-state index in [4.69, 9.17) is 14.2 Å². The fraction of sp³-hybridized carbons (Fsp3) is 0.333. The van der Waals surface area contributed by atoms with Gasteiger partial charge in [-0.2, -0.15) is 0 Å². The van der Waals surface area contributed by atoms with Crippen LogP contribution in [-0.4, -0.2) is 56.0 Å². The van der Waals surface area contributed by atoms with Crippen LogP contribution in [0.3, 0.4) is 0 Å². The van der Waals surface area contributed by atoms with Crippen molar-refractivity contribution >= 4 is 29.7 Å². The van der Waals surface area contributed by atoms with Crippen molar-refractivity contribution in [2.24, 2.45) is 0 Å². The smallest absolute Gasteiger partial charge is 0.302 e. The van der Waals surface area contributed by atoms with E-state index in [2.05, 4.69) is 10.6 Å². The number of methoxy groups -OCH3 is 2. The first-order valence-electron chi connectivity index (χ1n) is 10.3. The lowest BCUT2D eigenvalue weighted by Gasteiger charge is -2.17. The molecule has 4 N–H and O–H groups in total. The van der Waals surface area contributed by atoms with Gasteiger partial charge in [-0.15, -0.1) is 0 Å². The molecular weight excluding hydrogens is 428 g/mol. The highest BCUT2D eigenvalue weighted by Gasteiger charge is 2.19. The molecule has 2 aromatic carbocycles. The van der Waals surface area contributed by atoms with Crippen molar-refractivity contribution in [3.63, 3.8) is 0 Å². The van der Waals surface area contributed by atoms with E-state index in [0.717, 1.165) is 11.1 Å². The van der Waals surface area contributed by atoms with E-state index in [1.165, 1.54) is 21.1 Å². The SMILES string of the molecule is CNC(COC(C)=O)C(=O)Nc1cc(/C=C\c2cc(CO)c(CO)c(OC)c2)ccc1OC. The molecule has 0 fully saturated rings. The molecule has 0 bridgehead atoms. The van der Waals surface area contributed by atoms with Crippen molar-refractivity contribution in [3.8, 4) is 11.5 Å². The topological polar surface area (TPSA) is 126 Å². The van der Waals surface area contributed by atoms with Crippen LogP contribution in [0.25, 0.3) is 12.2 Å². The van der Waals surface area contributed by atoms with Crippen LogP contribution in [0.2, 0.25) is 0 Å². The molecular formula is C24H30N2O7. The number of likely N-dealkylation sites (N-methyl/N-ethyl adjacent to an activating group) is 1. The first-order valence-corrected chi connectivity index (χ1v) is 10.3. The van der Waals surface area contributed by atoms with Gasteiger partial charge >= 0.3 is 5.97 Å². The maximum atomic E-state index is 12.6. The summed E-state index contributed by atoms with van der Waals surface area (Å²) < 4.78 is 15.6. The van der Waals surface area contributed by atoms with E-state index in [9.17, 15) is 19.8 Å². The van der Waals surface area contributed by atoms with Crippen LogP contribution >= 0.6 is 0 Å². The molecule has 0 saturated heterocycles. The first kappa shape index (κ1) is 25.9. The summed E-state index contributed by atoms with van der Waals surface area (Å²) in [6, 6.07) is 8.10. The molecule has 9 heteroatoms. The normalized spacial score (nSPS) is 11.8. The van der Waals surface area contributed by atoms with Crippen LogP contribution in [-0.2, 0) is 27.5 Å². The Bertz CT molecular complexity index is 979. The van der Waals surface area contributed by atoms with Crippen LogP contribution in [0.15, 0.2) is 30.3 Å². The number of hydrogen-bond acceptors (Lipinski definition) is 8. The van der Waals surface area contributed by atoms with Crippen molar-refractivity contribution in [3.05, 3.63) is 52.6 Å². The van der Waals surface area contributed by atoms with E-state index < -0.39 is 12.0 Å². The number of ether oxygens (including phenoxy) is 3. The Morgan fingerprint density at radius 3 is 2.27 bits per heavy atom. The van der Waals surface area contributed by atoms with Gasteiger partial charge in [0.05, 0.1) is 33.1 Å². The Hall–Kier alpha value is -3.40. The molecule has 0 spiro atoms. The molecule has 178 valence electrons. The highest BCUT2D eigenvalue weighted by Crippen LogP contribution is 2.28. The zero-order valence-corrected chi connectivity index (χ0v) is 19.2. The monoisotopic (exact) mass is 458 g/mol. The van der Waals surface area contributed by atoms with Crippen molar-refractivity contribution in [1.82, 2.24) is 5.32 Å². The van der Waals surface area contributed by atoms with Gasteiger partial charge in [-0.05, 0) is 48.0 Å². The Balaban J connectivity index is 2.28. The maximum absolute atomic E-state index is 12.6. The second-order valence-electron chi connectivity index (χ2n) is 7.10. The summed E-state index contributed by atoms with van der Waals surface area (Å²) in [6.07, 6.45) is 3.66. The number of esters is 1. The van der Waals surface area contributed by atoms with Crippen LogP contribution in [0, 0.1) is 0 Å². The molecule has 0 aliphatic rings. The average molecular weight is 459 g/mol. The second-order valence-corrected chi connectivity index (χ2v) is 7.10. The molecule has 1 atom stereocenters. The highest BCUT2D eigenvalue weighted by molar-refractivity contribution is 5.96. The lowest BCUT2D eigenvalue weighted by molar-refractivity contribution is -0.142. The highest BCUT2D eigenvalue weighted by atomic mass is 16.5. The quantitative estimate of drug-likeness (QED) is 0.297. The average Bonchev–Trinajstić information content (AvgIpc) is 2.82. The number of nitrogens with one attached hydrogen (secondary N) is 2. The molecule has 1 amide bonds. The Labute approximate surface area is 193 Å². The molecule has 0 aliphatic heterocycles. The molecule has 2 rings (SSSR count). The third-order valence-corrected chi connectivity index (χ3v) is 4.94. The van der Waals surface area contributed by atoms with Gasteiger partial charge < -0.3 is 35.1 Å². The summed E-state index contributed by atoms with van der Waals surface area (Å²) in [5.41, 5.74) is 3.12. The van der Waals surface area contributed by atoms with Crippen molar-refractivity contribution in [2.45, 2.75) is 26.2 Å². The number of aliphatic hydroxyl groups is 2. The minimum atomic E-state index is -0.729. The number of anilines is 1. The number of rotatable bonds is 11. The van der Waals surface area contributed by atoms with Gasteiger partial charge in [-0.25, -0.2) is 0 Å². The Morgan fingerprint density at radius 1 is 1.00 bits per heavy atom. The van der Waals surface area contributed by atoms with E-state index in [-0.39, 0.29) is 25.7 Å². The number of benzene rings is 2. The number of carbonyl (C=O) groups is 2. The molecule has 9 nitrogen and oxygen atoms in total. The van der Waals surface area contributed by atoms with E-state index in [1.54, 1.807) is 31.3 Å². The van der Waals surface area contributed by atoms with Gasteiger partial charge in [0.15, 0.2) is 0 Å². The molecule has 1 unspecified atom stereocenters. The van der Waals surface area contributed by atoms with Crippen LogP contribution < -0.4 is 20.1 Å². The van der Waals surface area contributed by atoms with Gasteiger partial charge in [0, 0.05) is 12.5 Å². The summed E-state index contributed by atoms with van der Waals surface area (Å²) in [7, 11) is 4.60. The summed E-state index contributed by atoms with van der Waals surface area (Å²) in [6.45, 7) is 0.709. The van der Waals surface area contributed by atoms with Gasteiger partial charge in [0.25, 0.3) is 0 Å². The van der Waals surface area contributed by atoms with Gasteiger partial charge in [-0.1, -0.05) is 18.2 Å². The minimum Gasteiger partial charge on any atom is -0.496 e. The fourth-order valence-electron chi connectivity index (χ4n) is 3.16. The Morgan fingerprint density at radius 2 is 1.70 bits per heavy atom. The van der Waals surface area contributed by atoms with Gasteiger partial charge in [0.1, 0.15) is 24.1 Å². The van der Waals surface area contributed by atoms with Crippen LogP contribution in [0.4, 0.5) is 5.69 Å². The Kier molecular flexibility index (Phi) is 9.86. The van der Waals surface area contributed by atoms with Crippen LogP contribution in [0.5, 0.6) is 11.5 Å². The zero-order valence-electron chi connectivity index (χ0n) is 19.2. The summed E-state index contributed by atoms with van der Waals surface area (Å²) >= 11 is 0. The van der Waals surface area contributed by atoms with Gasteiger partial charge in [0.2, 0.25) is 5.91 Å². The molecule has 33 heavy (non-hydrogen) atoms. The zero-order chi connectivity index (χ0) is 24.4. The largest absolute Gasteiger partial charge is 0.496 e. The van der Waals surface area contributed by atoms with E-state index >= 15 is 0 Å². The number of hydrogen-bond donors (Lipinski definition) is 4. The lowest BCUT2D eigenvalue weighted by atomic mass is 10.0. The van der Waals surface area contributed by atoms with Crippen molar-refractivity contribution in [2.75, 3.05) is 33.2 Å². The maximum Gasteiger partial charge on any atom is 0.302 e. The standard InChI is InChI=1S/C24H30N2O7/c1-15(29)33-14-21(25-2)24(30)26-20-10-16(7-8-22(20)31-3)5-6-17-9-18(12-27)19(13-28)23(11-17)32-4/h5-11,21,25,27-28H,12-14H2,1-4H3,(H,26,30)/b6-5-. The fourth-order valence-corrected chi connectivity index (χ4v) is 3.16. The molecule has 0 aromatic heterocycles. The lowest BCUT2D eigenvalue weighted by Crippen LogP contribution is -2.42. The third kappa shape index (κ3) is 7.04. The van der Waals surface area contributed by atoms with E-state index in [0.29, 0.717) is 28.3 Å². The predicted molar refractivity (Wildman–Crippen MR) is 125 cm³/mol. The van der Waals surface area contributed by atoms with Crippen LogP contribution in [0.1, 0.15) is 29.2 Å². The molecule has 0 radical (unpaired) electrons. The summed E-state index contributed by atoms with van der Waals surface area (Å²) in [5.74, 6) is 0.104. The number of aliphatic hydroxyl groups excluding tert-OH is 2. The minimum absolute atomic E-state index is 0.0988. The summed E-state index contributed by atoms with van der Waals surface area (Å²) in [5, 5.41) is 24.8. The van der Waals surface area contributed by atoms with Crippen molar-refractivity contribution in [1.29, 1.82) is 0 Å². The predicted octanol–water partition coefficient (Wildman–Crippen LogP) is 1.95. The number of amides is 1. The number of carbonyl (C=O) groups excluding carboxylic acids is 2. The molecule has 0 heterocycles. The summed E-state index contributed by atoms with van der Waals surface area (Å²) in [4.78, 5) is 23.7. The first-order chi connectivity index (χ1) is 15.9. The third-order valence-electron chi connectivity index (χ3n) is 4.94. The second kappa shape index (κ2) is 12.6. The molecule has 0 aliphatic carbocycles. The van der Waals surface area contributed by atoms with Gasteiger partial charge in [-0.3, -0.25) is 9.59 Å². The molecule has 0 saturated carbocycles. The molecule has 2 aromatic rings.